The Morgan fingerprint density at radius 1 is 1.18 bits per heavy atom. The SMILES string of the molecule is CCc1c(N2CCN(C(=O)c3c(OC)[nH]cc(C)c3=O)C[C@@H]2C)c(=O)c2nc(N(C)C)cnc2n1CC(=O)Nc1ccc(C(F)(F)F)cc1Cl. The van der Waals surface area contributed by atoms with Crippen molar-refractivity contribution >= 4 is 51.8 Å². The van der Waals surface area contributed by atoms with Crippen molar-refractivity contribution in [1.29, 1.82) is 0 Å². The maximum Gasteiger partial charge on any atom is 0.416 e. The maximum absolute atomic E-state index is 14.3. The molecular formula is C33H36ClF3N8O5. The van der Waals surface area contributed by atoms with Crippen LogP contribution in [0.3, 0.4) is 0 Å². The predicted octanol–water partition coefficient (Wildman–Crippen LogP) is 4.09. The smallest absolute Gasteiger partial charge is 0.416 e. The molecule has 4 heterocycles. The minimum Gasteiger partial charge on any atom is -0.482 e. The van der Waals surface area contributed by atoms with Gasteiger partial charge in [0.25, 0.3) is 5.91 Å². The van der Waals surface area contributed by atoms with Crippen molar-refractivity contribution in [3.63, 3.8) is 0 Å². The van der Waals surface area contributed by atoms with Crippen LogP contribution in [0.1, 0.15) is 41.0 Å². The van der Waals surface area contributed by atoms with Crippen LogP contribution >= 0.6 is 11.6 Å². The Morgan fingerprint density at radius 2 is 1.90 bits per heavy atom. The Hall–Kier alpha value is -5.12. The number of nitrogens with zero attached hydrogens (tertiary/aromatic N) is 6. The molecule has 0 aliphatic carbocycles. The van der Waals surface area contributed by atoms with E-state index in [-0.39, 0.29) is 71.6 Å². The Bertz CT molecular complexity index is 2100. The van der Waals surface area contributed by atoms with Gasteiger partial charge in [0, 0.05) is 57.2 Å². The Morgan fingerprint density at radius 3 is 2.50 bits per heavy atom. The third-order valence-corrected chi connectivity index (χ3v) is 8.86. The van der Waals surface area contributed by atoms with E-state index in [0.29, 0.717) is 17.1 Å². The molecule has 1 aliphatic heterocycles. The molecule has 50 heavy (non-hydrogen) atoms. The number of nitrogens with one attached hydrogen (secondary N) is 2. The molecule has 0 bridgehead atoms. The first-order valence-electron chi connectivity index (χ1n) is 15.7. The second-order valence-electron chi connectivity index (χ2n) is 12.1. The van der Waals surface area contributed by atoms with Gasteiger partial charge < -0.3 is 34.3 Å². The third-order valence-electron chi connectivity index (χ3n) is 8.54. The maximum atomic E-state index is 14.3. The number of halogens is 4. The number of anilines is 3. The number of aromatic amines is 1. The molecule has 2 N–H and O–H groups in total. The van der Waals surface area contributed by atoms with Crippen LogP contribution in [0.5, 0.6) is 5.88 Å². The molecule has 1 aromatic carbocycles. The van der Waals surface area contributed by atoms with Crippen molar-refractivity contribution in [3.05, 3.63) is 78.4 Å². The number of aryl methyl sites for hydroxylation is 1. The number of pyridine rings is 2. The lowest BCUT2D eigenvalue weighted by Crippen LogP contribution is -2.55. The van der Waals surface area contributed by atoms with Crippen LogP contribution in [0.25, 0.3) is 11.2 Å². The zero-order valence-corrected chi connectivity index (χ0v) is 29.0. The fraction of sp³-hybridized carbons (Fsp3) is 0.394. The normalized spacial score (nSPS) is 15.0. The van der Waals surface area contributed by atoms with Crippen molar-refractivity contribution in [2.75, 3.05) is 56.0 Å². The number of methoxy groups -OCH3 is 1. The number of fused-ring (bicyclic) bond motifs is 1. The summed E-state index contributed by atoms with van der Waals surface area (Å²) < 4.78 is 46.4. The highest BCUT2D eigenvalue weighted by Gasteiger charge is 2.35. The molecule has 17 heteroatoms. The zero-order valence-electron chi connectivity index (χ0n) is 28.2. The summed E-state index contributed by atoms with van der Waals surface area (Å²) in [5.41, 5.74) is -0.717. The molecule has 266 valence electrons. The molecule has 2 amide bonds. The summed E-state index contributed by atoms with van der Waals surface area (Å²) in [5.74, 6) is -0.683. The van der Waals surface area contributed by atoms with Gasteiger partial charge >= 0.3 is 6.18 Å². The van der Waals surface area contributed by atoms with Gasteiger partial charge in [0.05, 0.1) is 29.6 Å². The van der Waals surface area contributed by atoms with Crippen molar-refractivity contribution in [3.8, 4) is 5.88 Å². The van der Waals surface area contributed by atoms with E-state index in [1.165, 1.54) is 24.4 Å². The molecule has 5 rings (SSSR count). The van der Waals surface area contributed by atoms with E-state index < -0.39 is 40.5 Å². The quantitative estimate of drug-likeness (QED) is 0.276. The number of benzene rings is 1. The summed E-state index contributed by atoms with van der Waals surface area (Å²) >= 11 is 6.10. The van der Waals surface area contributed by atoms with E-state index in [4.69, 9.17) is 16.3 Å². The molecule has 4 aromatic rings. The van der Waals surface area contributed by atoms with Crippen LogP contribution in [0.4, 0.5) is 30.4 Å². The summed E-state index contributed by atoms with van der Waals surface area (Å²) in [6.45, 7) is 5.40. The van der Waals surface area contributed by atoms with Gasteiger partial charge in [-0.3, -0.25) is 19.2 Å². The van der Waals surface area contributed by atoms with Crippen molar-refractivity contribution in [2.24, 2.45) is 0 Å². The average Bonchev–Trinajstić information content (AvgIpc) is 3.07. The van der Waals surface area contributed by atoms with Crippen molar-refractivity contribution < 1.29 is 27.5 Å². The Labute approximate surface area is 289 Å². The highest BCUT2D eigenvalue weighted by atomic mass is 35.5. The molecule has 1 atom stereocenters. The fourth-order valence-electron chi connectivity index (χ4n) is 5.99. The predicted molar refractivity (Wildman–Crippen MR) is 184 cm³/mol. The summed E-state index contributed by atoms with van der Waals surface area (Å²) in [5, 5.41) is 2.27. The van der Waals surface area contributed by atoms with Crippen LogP contribution in [0, 0.1) is 6.92 Å². The first kappa shape index (κ1) is 36.2. The zero-order chi connectivity index (χ0) is 36.7. The minimum atomic E-state index is -4.61. The second-order valence-corrected chi connectivity index (χ2v) is 12.5. The highest BCUT2D eigenvalue weighted by molar-refractivity contribution is 6.33. The molecule has 3 aromatic heterocycles. The lowest BCUT2D eigenvalue weighted by molar-refractivity contribution is -0.137. The first-order valence-corrected chi connectivity index (χ1v) is 16.0. The summed E-state index contributed by atoms with van der Waals surface area (Å²) in [6.07, 6.45) is -1.39. The van der Waals surface area contributed by atoms with Gasteiger partial charge in [-0.1, -0.05) is 18.5 Å². The van der Waals surface area contributed by atoms with E-state index in [0.717, 1.165) is 18.2 Å². The lowest BCUT2D eigenvalue weighted by atomic mass is 10.1. The molecule has 1 aliphatic rings. The van der Waals surface area contributed by atoms with Crippen LogP contribution < -0.4 is 30.7 Å². The van der Waals surface area contributed by atoms with Crippen LogP contribution in [0.15, 0.2) is 40.2 Å². The lowest BCUT2D eigenvalue weighted by Gasteiger charge is -2.42. The van der Waals surface area contributed by atoms with Gasteiger partial charge in [-0.2, -0.15) is 13.2 Å². The Kier molecular flexibility index (Phi) is 10.1. The topological polar surface area (TPSA) is 146 Å². The van der Waals surface area contributed by atoms with E-state index in [2.05, 4.69) is 20.3 Å². The van der Waals surface area contributed by atoms with E-state index >= 15 is 0 Å². The summed E-state index contributed by atoms with van der Waals surface area (Å²) in [7, 11) is 4.84. The number of hydrogen-bond acceptors (Lipinski definition) is 9. The number of H-pyrrole nitrogens is 1. The van der Waals surface area contributed by atoms with Crippen LogP contribution in [0.2, 0.25) is 5.02 Å². The highest BCUT2D eigenvalue weighted by Crippen LogP contribution is 2.34. The number of ether oxygens (including phenoxy) is 1. The number of amides is 2. The number of rotatable bonds is 8. The first-order chi connectivity index (χ1) is 23.6. The van der Waals surface area contributed by atoms with Gasteiger partial charge in [0.15, 0.2) is 11.2 Å². The number of carbonyl (C=O) groups excluding carboxylic acids is 2. The largest absolute Gasteiger partial charge is 0.482 e. The van der Waals surface area contributed by atoms with Crippen molar-refractivity contribution in [1.82, 2.24) is 24.4 Å². The second kappa shape index (κ2) is 14.0. The molecule has 0 spiro atoms. The minimum absolute atomic E-state index is 0.00509. The van der Waals surface area contributed by atoms with Crippen molar-refractivity contribution in [2.45, 2.75) is 46.0 Å². The third kappa shape index (κ3) is 6.84. The van der Waals surface area contributed by atoms with E-state index in [1.54, 1.807) is 30.5 Å². The number of aromatic nitrogens is 4. The standard InChI is InChI=1S/C33H36ClF3N8O5/c1-7-22-27(44-11-10-43(15-18(44)3)32(49)25-28(47)17(2)13-39-31(25)50-6)29(48)26-30(38-14-23(41-26)42(4)5)45(22)16-24(46)40-21-9-8-19(12-20(21)34)33(35,36)37/h8-9,12-14,18H,7,10-11,15-16H2,1-6H3,(H,39,47)(H,40,46)/t18-/m0/s1. The average molecular weight is 717 g/mol. The number of carbonyl (C=O) groups is 2. The molecule has 0 saturated carbocycles. The fourth-order valence-corrected chi connectivity index (χ4v) is 6.22. The monoisotopic (exact) mass is 716 g/mol. The summed E-state index contributed by atoms with van der Waals surface area (Å²) in [6, 6.07) is 2.20. The van der Waals surface area contributed by atoms with E-state index in [1.807, 2.05) is 18.7 Å². The van der Waals surface area contributed by atoms with Gasteiger partial charge in [-0.25, -0.2) is 9.97 Å². The molecule has 1 fully saturated rings. The number of alkyl halides is 3. The summed E-state index contributed by atoms with van der Waals surface area (Å²) in [4.78, 5) is 71.3. The van der Waals surface area contributed by atoms with Gasteiger partial charge in [0.2, 0.25) is 22.6 Å². The van der Waals surface area contributed by atoms with Gasteiger partial charge in [-0.15, -0.1) is 0 Å². The number of hydrogen-bond donors (Lipinski definition) is 2. The van der Waals surface area contributed by atoms with E-state index in [9.17, 15) is 32.3 Å². The molecule has 0 radical (unpaired) electrons. The van der Waals surface area contributed by atoms with Gasteiger partial charge in [0.1, 0.15) is 23.6 Å². The van der Waals surface area contributed by atoms with Crippen LogP contribution in [-0.4, -0.2) is 83.1 Å². The molecule has 13 nitrogen and oxygen atoms in total. The van der Waals surface area contributed by atoms with Crippen LogP contribution in [-0.2, 0) is 23.9 Å². The molecular weight excluding hydrogens is 681 g/mol. The Balaban J connectivity index is 1.54. The molecule has 1 saturated heterocycles. The molecule has 0 unspecified atom stereocenters. The number of piperazine rings is 1. The van der Waals surface area contributed by atoms with Gasteiger partial charge in [-0.05, 0) is 38.5 Å².